The lowest BCUT2D eigenvalue weighted by atomic mass is 10.4. The number of aromatic nitrogens is 2. The van der Waals surface area contributed by atoms with Crippen LogP contribution in [0.5, 0.6) is 5.19 Å². The van der Waals surface area contributed by atoms with Gasteiger partial charge < -0.3 is 9.64 Å². The lowest BCUT2D eigenvalue weighted by Gasteiger charge is -2.21. The third kappa shape index (κ3) is 6.41. The summed E-state index contributed by atoms with van der Waals surface area (Å²) in [5.41, 5.74) is 0. The molecule has 0 aromatic carbocycles. The summed E-state index contributed by atoms with van der Waals surface area (Å²) < 4.78 is 43.6. The Labute approximate surface area is 137 Å². The molecule has 1 amide bonds. The summed E-state index contributed by atoms with van der Waals surface area (Å²) in [6.07, 6.45) is -4.48. The molecular weight excluding hydrogens is 378 g/mol. The summed E-state index contributed by atoms with van der Waals surface area (Å²) in [4.78, 5) is 15.9. The summed E-state index contributed by atoms with van der Waals surface area (Å²) in [5.74, 6) is -0.969. The van der Waals surface area contributed by atoms with E-state index in [2.05, 4.69) is 9.36 Å². The minimum Gasteiger partial charge on any atom is -0.459 e. The molecule has 1 aromatic heterocycles. The summed E-state index contributed by atoms with van der Waals surface area (Å²) in [5, 5.41) is -0.0762. The Hall–Kier alpha value is -0.510. The molecule has 1 aromatic rings. The van der Waals surface area contributed by atoms with E-state index in [-0.39, 0.29) is 17.6 Å². The molecule has 0 bridgehead atoms. The number of likely N-dealkylation sites (N-methyl/N-ethyl adjacent to an activating group) is 1. The lowest BCUT2D eigenvalue weighted by Crippen LogP contribution is -2.41. The zero-order valence-corrected chi connectivity index (χ0v) is 13.5. The van der Waals surface area contributed by atoms with E-state index >= 15 is 0 Å². The van der Waals surface area contributed by atoms with Crippen LogP contribution in [0.25, 0.3) is 0 Å². The monoisotopic (exact) mass is 385 g/mol. The van der Waals surface area contributed by atoms with Gasteiger partial charge in [0.2, 0.25) is 0 Å². The summed E-state index contributed by atoms with van der Waals surface area (Å²) in [6, 6.07) is 0. The molecule has 0 saturated carbocycles. The zero-order chi connectivity index (χ0) is 16.3. The number of nitrogens with zero attached hydrogens (tertiary/aromatic N) is 3. The van der Waals surface area contributed by atoms with Crippen LogP contribution in [-0.4, -0.2) is 46.0 Å². The second-order valence-electron chi connectivity index (χ2n) is 3.69. The van der Waals surface area contributed by atoms with Gasteiger partial charge in [0.15, 0.2) is 12.4 Å². The van der Waals surface area contributed by atoms with Gasteiger partial charge in [0.1, 0.15) is 6.54 Å². The predicted octanol–water partition coefficient (Wildman–Crippen LogP) is 3.15. The highest BCUT2D eigenvalue weighted by Crippen LogP contribution is 2.37. The molecular formula is C9H9Cl3F3N3O2S. The van der Waals surface area contributed by atoms with Gasteiger partial charge in [0.05, 0.1) is 0 Å². The molecule has 0 N–H and O–H groups in total. The van der Waals surface area contributed by atoms with Gasteiger partial charge in [-0.25, -0.2) is 0 Å². The molecule has 0 spiro atoms. The Morgan fingerprint density at radius 2 is 2.00 bits per heavy atom. The maximum absolute atomic E-state index is 12.3. The minimum absolute atomic E-state index is 0.0762. The van der Waals surface area contributed by atoms with Gasteiger partial charge in [-0.05, 0) is 6.92 Å². The van der Waals surface area contributed by atoms with Crippen LogP contribution in [0.15, 0.2) is 0 Å². The molecule has 0 aliphatic carbocycles. The highest BCUT2D eigenvalue weighted by molar-refractivity contribution is 7.07. The maximum Gasteiger partial charge on any atom is 0.406 e. The number of carbonyl (C=O) groups excluding carboxylic acids is 1. The Morgan fingerprint density at radius 3 is 2.43 bits per heavy atom. The molecule has 0 aliphatic rings. The molecule has 0 unspecified atom stereocenters. The Morgan fingerprint density at radius 1 is 1.38 bits per heavy atom. The second kappa shape index (κ2) is 7.17. The third-order valence-corrected chi connectivity index (χ3v) is 3.22. The van der Waals surface area contributed by atoms with Crippen LogP contribution < -0.4 is 4.74 Å². The van der Waals surface area contributed by atoms with Gasteiger partial charge in [-0.2, -0.15) is 22.5 Å². The van der Waals surface area contributed by atoms with E-state index < -0.39 is 29.0 Å². The third-order valence-electron chi connectivity index (χ3n) is 2.08. The average Bonchev–Trinajstić information content (AvgIpc) is 2.80. The highest BCUT2D eigenvalue weighted by atomic mass is 35.6. The number of ether oxygens (including phenoxy) is 1. The average molecular weight is 387 g/mol. The van der Waals surface area contributed by atoms with Gasteiger partial charge in [0.25, 0.3) is 14.9 Å². The molecule has 0 radical (unpaired) electrons. The predicted molar refractivity (Wildman–Crippen MR) is 73.0 cm³/mol. The molecule has 0 atom stereocenters. The Kier molecular flexibility index (Phi) is 6.33. The fourth-order valence-electron chi connectivity index (χ4n) is 1.19. The van der Waals surface area contributed by atoms with E-state index in [1.165, 1.54) is 6.92 Å². The Bertz CT molecular complexity index is 493. The van der Waals surface area contributed by atoms with Gasteiger partial charge in [-0.15, -0.1) is 0 Å². The smallest absolute Gasteiger partial charge is 0.406 e. The lowest BCUT2D eigenvalue weighted by molar-refractivity contribution is -0.161. The second-order valence-corrected chi connectivity index (χ2v) is 6.69. The molecule has 12 heteroatoms. The van der Waals surface area contributed by atoms with Crippen LogP contribution in [0, 0.1) is 0 Å². The fourth-order valence-corrected chi connectivity index (χ4v) is 2.18. The van der Waals surface area contributed by atoms with Crippen LogP contribution in [0.4, 0.5) is 13.2 Å². The van der Waals surface area contributed by atoms with Crippen molar-refractivity contribution in [2.75, 3.05) is 19.7 Å². The molecule has 1 rings (SSSR count). The molecule has 1 heterocycles. The Balaban J connectivity index is 2.57. The van der Waals surface area contributed by atoms with Crippen molar-refractivity contribution in [2.45, 2.75) is 16.9 Å². The topological polar surface area (TPSA) is 55.3 Å². The minimum atomic E-state index is -4.48. The SMILES string of the molecule is CCN(CC(F)(F)F)C(=O)COc1nc(C(Cl)(Cl)Cl)ns1. The van der Waals surface area contributed by atoms with Crippen LogP contribution >= 0.6 is 46.3 Å². The van der Waals surface area contributed by atoms with Crippen LogP contribution in [-0.2, 0) is 8.59 Å². The van der Waals surface area contributed by atoms with Crippen molar-refractivity contribution in [3.05, 3.63) is 5.82 Å². The highest BCUT2D eigenvalue weighted by Gasteiger charge is 2.33. The van der Waals surface area contributed by atoms with E-state index in [0.29, 0.717) is 4.90 Å². The van der Waals surface area contributed by atoms with Crippen molar-refractivity contribution in [3.8, 4) is 5.19 Å². The zero-order valence-electron chi connectivity index (χ0n) is 10.5. The van der Waals surface area contributed by atoms with E-state index in [1.807, 2.05) is 0 Å². The van der Waals surface area contributed by atoms with Crippen molar-refractivity contribution in [3.63, 3.8) is 0 Å². The first-order valence-corrected chi connectivity index (χ1v) is 7.32. The van der Waals surface area contributed by atoms with Gasteiger partial charge >= 0.3 is 6.18 Å². The van der Waals surface area contributed by atoms with Crippen LogP contribution in [0.2, 0.25) is 0 Å². The number of hydrogen-bond donors (Lipinski definition) is 0. The van der Waals surface area contributed by atoms with Crippen molar-refractivity contribution >= 4 is 52.2 Å². The maximum atomic E-state index is 12.3. The van der Waals surface area contributed by atoms with Crippen molar-refractivity contribution in [1.82, 2.24) is 14.3 Å². The standard InChI is InChI=1S/C9H9Cl3F3N3O2S/c1-2-18(4-8(13,14)15)5(19)3-20-7-16-6(17-21-7)9(10,11)12/h2-4H2,1H3. The first-order valence-electron chi connectivity index (χ1n) is 5.41. The number of hydrogen-bond acceptors (Lipinski definition) is 5. The van der Waals surface area contributed by atoms with Crippen molar-refractivity contribution in [2.24, 2.45) is 0 Å². The first-order chi connectivity index (χ1) is 9.53. The molecule has 0 aliphatic heterocycles. The quantitative estimate of drug-likeness (QED) is 0.730. The normalized spacial score (nSPS) is 12.3. The van der Waals surface area contributed by atoms with Gasteiger partial charge in [-0.3, -0.25) is 4.79 Å². The van der Waals surface area contributed by atoms with Gasteiger partial charge in [0, 0.05) is 18.1 Å². The number of carbonyl (C=O) groups is 1. The number of alkyl halides is 6. The molecule has 0 saturated heterocycles. The molecule has 21 heavy (non-hydrogen) atoms. The van der Waals surface area contributed by atoms with Crippen molar-refractivity contribution < 1.29 is 22.7 Å². The van der Waals surface area contributed by atoms with E-state index in [4.69, 9.17) is 39.5 Å². The molecule has 5 nitrogen and oxygen atoms in total. The molecule has 0 fully saturated rings. The molecule has 120 valence electrons. The van der Waals surface area contributed by atoms with E-state index in [1.54, 1.807) is 0 Å². The van der Waals surface area contributed by atoms with Crippen molar-refractivity contribution in [1.29, 1.82) is 0 Å². The van der Waals surface area contributed by atoms with Crippen LogP contribution in [0.1, 0.15) is 12.7 Å². The fraction of sp³-hybridized carbons (Fsp3) is 0.667. The summed E-state index contributed by atoms with van der Waals surface area (Å²) in [6.45, 7) is -0.633. The summed E-state index contributed by atoms with van der Waals surface area (Å²) in [7, 11) is 0. The van der Waals surface area contributed by atoms with E-state index in [9.17, 15) is 18.0 Å². The number of rotatable bonds is 5. The van der Waals surface area contributed by atoms with Gasteiger partial charge in [-0.1, -0.05) is 34.8 Å². The first kappa shape index (κ1) is 18.5. The van der Waals surface area contributed by atoms with E-state index in [0.717, 1.165) is 11.5 Å². The largest absolute Gasteiger partial charge is 0.459 e. The van der Waals surface area contributed by atoms with Crippen LogP contribution in [0.3, 0.4) is 0 Å². The number of amides is 1. The number of halogens is 6. The summed E-state index contributed by atoms with van der Waals surface area (Å²) >= 11 is 17.3.